The Kier molecular flexibility index (Phi) is 5.44. The van der Waals surface area contributed by atoms with Crippen molar-refractivity contribution in [3.8, 4) is 0 Å². The number of rotatable bonds is 1. The zero-order chi connectivity index (χ0) is 8.53. The van der Waals surface area contributed by atoms with E-state index in [9.17, 15) is 0 Å². The number of carbonyl (C=O) groups excluding carboxylic acids is 1. The van der Waals surface area contributed by atoms with Crippen LogP contribution in [0.15, 0.2) is 18.6 Å². The first-order valence-corrected chi connectivity index (χ1v) is 2.72. The van der Waals surface area contributed by atoms with Crippen LogP contribution in [0.5, 0.6) is 0 Å². The molecule has 1 rings (SSSR count). The molecule has 1 aromatic rings. The van der Waals surface area contributed by atoms with Gasteiger partial charge in [-0.2, -0.15) is 0 Å². The van der Waals surface area contributed by atoms with Gasteiger partial charge in [0, 0.05) is 12.4 Å². The van der Waals surface area contributed by atoms with Crippen molar-refractivity contribution in [2.45, 2.75) is 0 Å². The van der Waals surface area contributed by atoms with Crippen LogP contribution in [0.2, 0.25) is 0 Å². The quantitative estimate of drug-likeness (QED) is 0.201. The monoisotopic (exact) mass is 155 g/mol. The van der Waals surface area contributed by atoms with Crippen molar-refractivity contribution in [2.75, 3.05) is 5.73 Å². The standard InChI is InChI=1S/C4H5N3.CH4N2O/c5-4-3-6-1-2-7-4;2-3-1-4/h1-3H,(H2,5,7);1H,2H2,(H,3,4). The van der Waals surface area contributed by atoms with Crippen molar-refractivity contribution in [3.05, 3.63) is 18.6 Å². The van der Waals surface area contributed by atoms with Gasteiger partial charge in [-0.25, -0.2) is 10.8 Å². The Labute approximate surface area is 63.6 Å². The molecule has 0 fully saturated rings. The van der Waals surface area contributed by atoms with Gasteiger partial charge >= 0.3 is 0 Å². The molecule has 5 N–H and O–H groups in total. The highest BCUT2D eigenvalue weighted by Gasteiger charge is 1.74. The SMILES string of the molecule is NNC=O.Nc1cnccn1. The molecule has 0 radical (unpaired) electrons. The molecule has 0 unspecified atom stereocenters. The predicted octanol–water partition coefficient (Wildman–Crippen LogP) is -1.34. The number of hydrogen-bond acceptors (Lipinski definition) is 5. The second-order valence-corrected chi connectivity index (χ2v) is 1.41. The molecule has 0 atom stereocenters. The average molecular weight is 155 g/mol. The first-order valence-electron chi connectivity index (χ1n) is 2.72. The third-order valence-corrected chi connectivity index (χ3v) is 0.651. The molecule has 0 aromatic carbocycles. The Balaban J connectivity index is 0.000000218. The molecule has 0 saturated carbocycles. The lowest BCUT2D eigenvalue weighted by Gasteiger charge is -1.82. The number of hydrogen-bond donors (Lipinski definition) is 3. The molecular weight excluding hydrogens is 146 g/mol. The van der Waals surface area contributed by atoms with Crippen molar-refractivity contribution in [1.82, 2.24) is 15.4 Å². The van der Waals surface area contributed by atoms with Crippen LogP contribution in [0.4, 0.5) is 5.82 Å². The normalized spacial score (nSPS) is 7.36. The summed E-state index contributed by atoms with van der Waals surface area (Å²) in [5.41, 5.74) is 6.93. The molecule has 1 heterocycles. The topological polar surface area (TPSA) is 107 Å². The van der Waals surface area contributed by atoms with Gasteiger partial charge in [0.2, 0.25) is 6.41 Å². The maximum Gasteiger partial charge on any atom is 0.221 e. The van der Waals surface area contributed by atoms with E-state index in [1.807, 2.05) is 0 Å². The number of amides is 1. The third-order valence-electron chi connectivity index (χ3n) is 0.651. The van der Waals surface area contributed by atoms with E-state index in [2.05, 4.69) is 15.8 Å². The summed E-state index contributed by atoms with van der Waals surface area (Å²) in [6.07, 6.45) is 5.03. The van der Waals surface area contributed by atoms with Gasteiger partial charge in [-0.15, -0.1) is 0 Å². The predicted molar refractivity (Wildman–Crippen MR) is 39.8 cm³/mol. The number of nitrogens with one attached hydrogen (secondary N) is 1. The number of nitrogen functional groups attached to an aromatic ring is 1. The zero-order valence-electron chi connectivity index (χ0n) is 5.77. The van der Waals surface area contributed by atoms with Crippen LogP contribution in [-0.4, -0.2) is 16.4 Å². The summed E-state index contributed by atoms with van der Waals surface area (Å²) < 4.78 is 0. The van der Waals surface area contributed by atoms with E-state index in [0.29, 0.717) is 12.2 Å². The Morgan fingerprint density at radius 1 is 1.55 bits per heavy atom. The van der Waals surface area contributed by atoms with Gasteiger partial charge in [0.05, 0.1) is 6.20 Å². The lowest BCUT2D eigenvalue weighted by Crippen LogP contribution is -2.18. The van der Waals surface area contributed by atoms with Crippen LogP contribution < -0.4 is 17.0 Å². The molecule has 1 amide bonds. The fourth-order valence-electron chi connectivity index (χ4n) is 0.311. The molecule has 0 aliphatic heterocycles. The van der Waals surface area contributed by atoms with E-state index in [4.69, 9.17) is 10.5 Å². The molecule has 60 valence electrons. The molecule has 0 spiro atoms. The first kappa shape index (κ1) is 9.31. The molecule has 0 saturated heterocycles. The van der Waals surface area contributed by atoms with Crippen LogP contribution in [0.3, 0.4) is 0 Å². The number of carbonyl (C=O) groups is 1. The van der Waals surface area contributed by atoms with Gasteiger partial charge in [-0.1, -0.05) is 0 Å². The fourth-order valence-corrected chi connectivity index (χ4v) is 0.311. The van der Waals surface area contributed by atoms with Crippen molar-refractivity contribution >= 4 is 12.2 Å². The van der Waals surface area contributed by atoms with Gasteiger partial charge in [-0.05, 0) is 0 Å². The van der Waals surface area contributed by atoms with Crippen LogP contribution in [0.25, 0.3) is 0 Å². The molecular formula is C5H9N5O. The second-order valence-electron chi connectivity index (χ2n) is 1.41. The highest BCUT2D eigenvalue weighted by Crippen LogP contribution is 1.84. The van der Waals surface area contributed by atoms with Crippen molar-refractivity contribution in [1.29, 1.82) is 0 Å². The Bertz CT molecular complexity index is 189. The highest BCUT2D eigenvalue weighted by molar-refractivity contribution is 5.44. The summed E-state index contributed by atoms with van der Waals surface area (Å²) in [5.74, 6) is 4.87. The lowest BCUT2D eigenvalue weighted by molar-refractivity contribution is -0.109. The first-order chi connectivity index (χ1) is 5.31. The summed E-state index contributed by atoms with van der Waals surface area (Å²) >= 11 is 0. The minimum atomic E-state index is 0.403. The van der Waals surface area contributed by atoms with Gasteiger partial charge in [0.15, 0.2) is 0 Å². The number of anilines is 1. The van der Waals surface area contributed by atoms with E-state index in [0.717, 1.165) is 0 Å². The van der Waals surface area contributed by atoms with Crippen molar-refractivity contribution in [3.63, 3.8) is 0 Å². The van der Waals surface area contributed by atoms with Crippen LogP contribution in [0.1, 0.15) is 0 Å². The Morgan fingerprint density at radius 3 is 2.36 bits per heavy atom. The molecule has 11 heavy (non-hydrogen) atoms. The van der Waals surface area contributed by atoms with Crippen molar-refractivity contribution in [2.24, 2.45) is 5.84 Å². The molecule has 1 aromatic heterocycles. The summed E-state index contributed by atoms with van der Waals surface area (Å²) in [4.78, 5) is 16.3. The third kappa shape index (κ3) is 6.19. The van der Waals surface area contributed by atoms with E-state index in [-0.39, 0.29) is 0 Å². The van der Waals surface area contributed by atoms with E-state index >= 15 is 0 Å². The Hall–Kier alpha value is -1.69. The highest BCUT2D eigenvalue weighted by atomic mass is 16.1. The van der Waals surface area contributed by atoms with Crippen LogP contribution in [-0.2, 0) is 4.79 Å². The Morgan fingerprint density at radius 2 is 2.18 bits per heavy atom. The lowest BCUT2D eigenvalue weighted by atomic mass is 10.7. The number of hydrazine groups is 1. The van der Waals surface area contributed by atoms with Gasteiger partial charge in [0.1, 0.15) is 5.82 Å². The van der Waals surface area contributed by atoms with Gasteiger partial charge in [-0.3, -0.25) is 15.2 Å². The number of aromatic nitrogens is 2. The number of nitrogens with two attached hydrogens (primary N) is 2. The van der Waals surface area contributed by atoms with E-state index in [1.165, 1.54) is 6.20 Å². The summed E-state index contributed by atoms with van der Waals surface area (Å²) in [6.45, 7) is 0. The van der Waals surface area contributed by atoms with Crippen molar-refractivity contribution < 1.29 is 4.79 Å². The van der Waals surface area contributed by atoms with Crippen LogP contribution >= 0.6 is 0 Å². The summed E-state index contributed by atoms with van der Waals surface area (Å²) in [6, 6.07) is 0. The maximum atomic E-state index is 8.94. The van der Waals surface area contributed by atoms with E-state index < -0.39 is 0 Å². The molecule has 0 aliphatic rings. The molecule has 0 aliphatic carbocycles. The average Bonchev–Trinajstić information content (AvgIpc) is 2.07. The minimum absolute atomic E-state index is 0.403. The van der Waals surface area contributed by atoms with E-state index in [1.54, 1.807) is 17.8 Å². The fraction of sp³-hybridized carbons (Fsp3) is 0. The van der Waals surface area contributed by atoms with Gasteiger partial charge < -0.3 is 5.73 Å². The maximum absolute atomic E-state index is 8.94. The van der Waals surface area contributed by atoms with Crippen LogP contribution in [0, 0.1) is 0 Å². The smallest absolute Gasteiger partial charge is 0.221 e. The molecule has 0 bridgehead atoms. The molecule has 6 heteroatoms. The molecule has 6 nitrogen and oxygen atoms in total. The largest absolute Gasteiger partial charge is 0.382 e. The van der Waals surface area contributed by atoms with Gasteiger partial charge in [0.25, 0.3) is 0 Å². The zero-order valence-corrected chi connectivity index (χ0v) is 5.77. The second kappa shape index (κ2) is 6.43. The summed E-state index contributed by atoms with van der Waals surface area (Å²) in [7, 11) is 0. The number of nitrogens with zero attached hydrogens (tertiary/aromatic N) is 2. The minimum Gasteiger partial charge on any atom is -0.382 e. The summed E-state index contributed by atoms with van der Waals surface area (Å²) in [5, 5.41) is 0.